The highest BCUT2D eigenvalue weighted by Crippen LogP contribution is 2.30. The molecule has 5 nitrogen and oxygen atoms in total. The molecule has 17 heavy (non-hydrogen) atoms. The van der Waals surface area contributed by atoms with E-state index in [-0.39, 0.29) is 18.1 Å². The molecule has 1 fully saturated rings. The van der Waals surface area contributed by atoms with Crippen molar-refractivity contribution in [1.29, 1.82) is 0 Å². The Morgan fingerprint density at radius 2 is 2.12 bits per heavy atom. The Labute approximate surface area is 97.9 Å². The van der Waals surface area contributed by atoms with Crippen LogP contribution in [0.3, 0.4) is 0 Å². The highest BCUT2D eigenvalue weighted by molar-refractivity contribution is 5.84. The summed E-state index contributed by atoms with van der Waals surface area (Å²) in [4.78, 5) is 19.7. The highest BCUT2D eigenvalue weighted by Gasteiger charge is 2.30. The molecule has 1 aliphatic rings. The minimum atomic E-state index is 0.204. The third-order valence-electron chi connectivity index (χ3n) is 2.76. The van der Waals surface area contributed by atoms with Gasteiger partial charge in [-0.1, -0.05) is 5.16 Å². The van der Waals surface area contributed by atoms with Crippen LogP contribution in [0, 0.1) is 5.92 Å². The second kappa shape index (κ2) is 4.08. The van der Waals surface area contributed by atoms with E-state index in [1.807, 2.05) is 0 Å². The largest absolute Gasteiger partial charge is 0.339 e. The number of hydrogen-bond acceptors (Lipinski definition) is 5. The lowest BCUT2D eigenvalue weighted by atomic mass is 10.2. The van der Waals surface area contributed by atoms with Crippen LogP contribution in [0.5, 0.6) is 0 Å². The number of carbonyl (C=O) groups excluding carboxylic acids is 1. The molecule has 5 heteroatoms. The van der Waals surface area contributed by atoms with Crippen molar-refractivity contribution in [2.24, 2.45) is 5.92 Å². The van der Waals surface area contributed by atoms with E-state index in [1.165, 1.54) is 0 Å². The Morgan fingerprint density at radius 1 is 1.35 bits per heavy atom. The van der Waals surface area contributed by atoms with Crippen molar-refractivity contribution in [2.45, 2.75) is 19.3 Å². The first kappa shape index (κ1) is 10.1. The molecule has 0 spiro atoms. The number of carbonyl (C=O) groups is 1. The zero-order chi connectivity index (χ0) is 11.7. The Balaban J connectivity index is 1.76. The molecule has 0 unspecified atom stereocenters. The van der Waals surface area contributed by atoms with Gasteiger partial charge in [0.25, 0.3) is 0 Å². The first-order valence-electron chi connectivity index (χ1n) is 5.58. The van der Waals surface area contributed by atoms with E-state index >= 15 is 0 Å². The van der Waals surface area contributed by atoms with Crippen molar-refractivity contribution in [1.82, 2.24) is 15.1 Å². The van der Waals surface area contributed by atoms with E-state index in [9.17, 15) is 4.79 Å². The number of hydrogen-bond donors (Lipinski definition) is 0. The average Bonchev–Trinajstić information content (AvgIpc) is 3.12. The summed E-state index contributed by atoms with van der Waals surface area (Å²) < 4.78 is 5.07. The van der Waals surface area contributed by atoms with Crippen LogP contribution in [-0.4, -0.2) is 20.9 Å². The lowest BCUT2D eigenvalue weighted by molar-refractivity contribution is -0.119. The maximum atomic E-state index is 11.6. The molecule has 2 heterocycles. The molecule has 86 valence electrons. The smallest absolute Gasteiger partial charge is 0.234 e. The monoisotopic (exact) mass is 229 g/mol. The molecule has 0 saturated heterocycles. The molecule has 0 radical (unpaired) electrons. The van der Waals surface area contributed by atoms with Crippen LogP contribution < -0.4 is 0 Å². The first-order chi connectivity index (χ1) is 8.33. The molecule has 0 amide bonds. The van der Waals surface area contributed by atoms with E-state index in [4.69, 9.17) is 4.52 Å². The number of Topliss-reactive ketones (excluding diaryl/α,β-unsaturated/α-hetero) is 1. The van der Waals surface area contributed by atoms with Crippen LogP contribution in [0.15, 0.2) is 29.0 Å². The van der Waals surface area contributed by atoms with Gasteiger partial charge in [-0.05, 0) is 25.0 Å². The predicted molar refractivity (Wildman–Crippen MR) is 59.0 cm³/mol. The number of rotatable bonds is 4. The van der Waals surface area contributed by atoms with Crippen molar-refractivity contribution in [3.8, 4) is 11.4 Å². The van der Waals surface area contributed by atoms with Crippen LogP contribution in [-0.2, 0) is 11.2 Å². The molecular formula is C12H11N3O2. The molecule has 0 aliphatic heterocycles. The maximum absolute atomic E-state index is 11.6. The van der Waals surface area contributed by atoms with Gasteiger partial charge in [0.15, 0.2) is 0 Å². The number of ketones is 1. The Bertz CT molecular complexity index is 532. The summed E-state index contributed by atoms with van der Waals surface area (Å²) in [5.74, 6) is 1.33. The van der Waals surface area contributed by atoms with Crippen molar-refractivity contribution >= 4 is 5.78 Å². The Hall–Kier alpha value is -2.04. The zero-order valence-electron chi connectivity index (χ0n) is 9.17. The molecule has 0 aromatic carbocycles. The van der Waals surface area contributed by atoms with E-state index in [0.717, 1.165) is 18.4 Å². The summed E-state index contributed by atoms with van der Waals surface area (Å²) in [5, 5.41) is 3.85. The van der Waals surface area contributed by atoms with Gasteiger partial charge in [-0.2, -0.15) is 4.98 Å². The SMILES string of the molecule is O=C(Cc1nc(-c2ccncc2)no1)C1CC1. The fourth-order valence-corrected chi connectivity index (χ4v) is 1.64. The summed E-state index contributed by atoms with van der Waals surface area (Å²) in [6, 6.07) is 3.61. The number of nitrogens with zero attached hydrogens (tertiary/aromatic N) is 3. The summed E-state index contributed by atoms with van der Waals surface area (Å²) >= 11 is 0. The Kier molecular flexibility index (Phi) is 2.44. The third kappa shape index (κ3) is 2.22. The van der Waals surface area contributed by atoms with Crippen LogP contribution >= 0.6 is 0 Å². The van der Waals surface area contributed by atoms with Crippen molar-refractivity contribution in [3.63, 3.8) is 0 Å². The van der Waals surface area contributed by atoms with Crippen LogP contribution in [0.1, 0.15) is 18.7 Å². The van der Waals surface area contributed by atoms with Crippen molar-refractivity contribution in [2.75, 3.05) is 0 Å². The van der Waals surface area contributed by atoms with Gasteiger partial charge in [-0.15, -0.1) is 0 Å². The number of aromatic nitrogens is 3. The lowest BCUT2D eigenvalue weighted by Crippen LogP contribution is -2.04. The van der Waals surface area contributed by atoms with Gasteiger partial charge in [-0.3, -0.25) is 9.78 Å². The number of pyridine rings is 1. The highest BCUT2D eigenvalue weighted by atomic mass is 16.5. The fraction of sp³-hybridized carbons (Fsp3) is 0.333. The summed E-state index contributed by atoms with van der Waals surface area (Å²) in [6.45, 7) is 0. The molecule has 0 bridgehead atoms. The average molecular weight is 229 g/mol. The van der Waals surface area contributed by atoms with Crippen LogP contribution in [0.25, 0.3) is 11.4 Å². The lowest BCUT2D eigenvalue weighted by Gasteiger charge is -1.91. The van der Waals surface area contributed by atoms with Crippen LogP contribution in [0.4, 0.5) is 0 Å². The standard InChI is InChI=1S/C12H11N3O2/c16-10(8-1-2-8)7-11-14-12(15-17-11)9-3-5-13-6-4-9/h3-6,8H,1-2,7H2. The molecule has 1 saturated carbocycles. The third-order valence-corrected chi connectivity index (χ3v) is 2.76. The molecular weight excluding hydrogens is 218 g/mol. The minimum Gasteiger partial charge on any atom is -0.339 e. The van der Waals surface area contributed by atoms with Gasteiger partial charge in [0.05, 0.1) is 6.42 Å². The molecule has 0 atom stereocenters. The van der Waals surface area contributed by atoms with Crippen molar-refractivity contribution in [3.05, 3.63) is 30.4 Å². The molecule has 2 aromatic heterocycles. The fourth-order valence-electron chi connectivity index (χ4n) is 1.64. The molecule has 3 rings (SSSR count). The van der Waals surface area contributed by atoms with E-state index in [1.54, 1.807) is 24.5 Å². The maximum Gasteiger partial charge on any atom is 0.234 e. The van der Waals surface area contributed by atoms with Crippen LogP contribution in [0.2, 0.25) is 0 Å². The van der Waals surface area contributed by atoms with Gasteiger partial charge in [0.2, 0.25) is 11.7 Å². The molecule has 0 N–H and O–H groups in total. The van der Waals surface area contributed by atoms with Gasteiger partial charge in [-0.25, -0.2) is 0 Å². The summed E-state index contributed by atoms with van der Waals surface area (Å²) in [5.41, 5.74) is 0.842. The molecule has 1 aliphatic carbocycles. The summed E-state index contributed by atoms with van der Waals surface area (Å²) in [7, 11) is 0. The van der Waals surface area contributed by atoms with Gasteiger partial charge >= 0.3 is 0 Å². The Morgan fingerprint density at radius 3 is 2.82 bits per heavy atom. The molecule has 2 aromatic rings. The first-order valence-corrected chi connectivity index (χ1v) is 5.58. The van der Waals surface area contributed by atoms with Crippen molar-refractivity contribution < 1.29 is 9.32 Å². The van der Waals surface area contributed by atoms with E-state index in [0.29, 0.717) is 11.7 Å². The summed E-state index contributed by atoms with van der Waals surface area (Å²) in [6.07, 6.45) is 5.60. The zero-order valence-corrected chi connectivity index (χ0v) is 9.17. The van der Waals surface area contributed by atoms with E-state index < -0.39 is 0 Å². The van der Waals surface area contributed by atoms with E-state index in [2.05, 4.69) is 15.1 Å². The second-order valence-electron chi connectivity index (χ2n) is 4.16. The normalized spacial score (nSPS) is 14.8. The van der Waals surface area contributed by atoms with Gasteiger partial charge in [0, 0.05) is 23.9 Å². The topological polar surface area (TPSA) is 68.9 Å². The second-order valence-corrected chi connectivity index (χ2v) is 4.16. The minimum absolute atomic E-state index is 0.204. The van der Waals surface area contributed by atoms with Gasteiger partial charge in [0.1, 0.15) is 5.78 Å². The van der Waals surface area contributed by atoms with Gasteiger partial charge < -0.3 is 4.52 Å². The quantitative estimate of drug-likeness (QED) is 0.797. The predicted octanol–water partition coefficient (Wildman–Crippen LogP) is 1.65.